The first-order chi connectivity index (χ1) is 24.7. The number of benzene rings is 5. The van der Waals surface area contributed by atoms with Crippen LogP contribution in [0.2, 0.25) is 0 Å². The first-order valence-electron chi connectivity index (χ1n) is 18.0. The lowest BCUT2D eigenvalue weighted by atomic mass is 9.94. The lowest BCUT2D eigenvalue weighted by Gasteiger charge is -2.33. The van der Waals surface area contributed by atoms with Gasteiger partial charge in [-0.05, 0) is 72.5 Å². The van der Waals surface area contributed by atoms with Gasteiger partial charge in [-0.3, -0.25) is 9.80 Å². The zero-order valence-electron chi connectivity index (χ0n) is 28.5. The van der Waals surface area contributed by atoms with Crippen LogP contribution in [-0.2, 0) is 0 Å². The number of rotatable bonds is 12. The van der Waals surface area contributed by atoms with Crippen molar-refractivity contribution in [1.29, 1.82) is 0 Å². The highest BCUT2D eigenvalue weighted by atomic mass is 16.5. The minimum absolute atomic E-state index is 0.171. The molecule has 1 aromatic heterocycles. The normalized spacial score (nSPS) is 19.5. The number of aromatic nitrogens is 2. The van der Waals surface area contributed by atoms with Crippen molar-refractivity contribution in [2.24, 2.45) is 0 Å². The van der Waals surface area contributed by atoms with Gasteiger partial charge in [-0.2, -0.15) is 0 Å². The molecule has 0 saturated carbocycles. The van der Waals surface area contributed by atoms with E-state index in [2.05, 4.69) is 120 Å². The van der Waals surface area contributed by atoms with Crippen LogP contribution >= 0.6 is 0 Å². The highest BCUT2D eigenvalue weighted by molar-refractivity contribution is 5.91. The zero-order valence-corrected chi connectivity index (χ0v) is 28.5. The van der Waals surface area contributed by atoms with Gasteiger partial charge >= 0.3 is 0 Å². The highest BCUT2D eigenvalue weighted by Gasteiger charge is 2.37. The van der Waals surface area contributed by atoms with Crippen LogP contribution in [0, 0.1) is 0 Å². The highest BCUT2D eigenvalue weighted by Crippen LogP contribution is 2.41. The summed E-state index contributed by atoms with van der Waals surface area (Å²) < 4.78 is 14.2. The first-order valence-corrected chi connectivity index (χ1v) is 18.0. The van der Waals surface area contributed by atoms with E-state index in [1.807, 2.05) is 24.3 Å². The van der Waals surface area contributed by atoms with Crippen LogP contribution in [-0.4, -0.2) is 58.3 Å². The van der Waals surface area contributed by atoms with E-state index >= 15 is 0 Å². The molecular weight excluding hydrogens is 617 g/mol. The number of hydrogen-bond acceptors (Lipinski definition) is 6. The average molecular weight is 661 g/mol. The van der Waals surface area contributed by atoms with Gasteiger partial charge < -0.3 is 9.47 Å². The van der Waals surface area contributed by atoms with Gasteiger partial charge in [-0.1, -0.05) is 109 Å². The number of likely N-dealkylation sites (tertiary alicyclic amines) is 2. The molecule has 6 heteroatoms. The fourth-order valence-corrected chi connectivity index (χ4v) is 8.34. The van der Waals surface area contributed by atoms with Crippen LogP contribution in [0.3, 0.4) is 0 Å². The van der Waals surface area contributed by atoms with E-state index in [4.69, 9.17) is 19.7 Å². The summed E-state index contributed by atoms with van der Waals surface area (Å²) >= 11 is 0. The van der Waals surface area contributed by atoms with E-state index < -0.39 is 0 Å². The van der Waals surface area contributed by atoms with E-state index in [1.54, 1.807) is 0 Å². The standard InChI is InChI=1S/C44H44N4O2/c1-3-27-47-29-13-25-39(47)41(35-23-11-17-31-15-5-7-19-33(31)35)49-43-37-21-9-10-22-38(37)44(46-45-43)50-42(40-26-14-30-48(40)28-4-2)36-24-12-18-32-16-6-8-20-34(32)36/h3-12,15-24,39-42H,1-2,13-14,25-30H2/t39-,40-,41-,42-/m0/s1. The average Bonchev–Trinajstić information content (AvgIpc) is 3.83. The van der Waals surface area contributed by atoms with Crippen LogP contribution < -0.4 is 9.47 Å². The van der Waals surface area contributed by atoms with Crippen molar-refractivity contribution >= 4 is 32.3 Å². The molecule has 0 radical (unpaired) electrons. The van der Waals surface area contributed by atoms with Crippen LogP contribution in [0.5, 0.6) is 11.8 Å². The molecule has 6 aromatic rings. The molecule has 2 fully saturated rings. The number of fused-ring (bicyclic) bond motifs is 3. The number of hydrogen-bond donors (Lipinski definition) is 0. The lowest BCUT2D eigenvalue weighted by molar-refractivity contribution is 0.0908. The molecule has 0 bridgehead atoms. The van der Waals surface area contributed by atoms with E-state index in [0.717, 1.165) is 73.8 Å². The Morgan fingerprint density at radius 3 is 1.40 bits per heavy atom. The van der Waals surface area contributed by atoms with Gasteiger partial charge in [0.25, 0.3) is 0 Å². The maximum atomic E-state index is 7.11. The summed E-state index contributed by atoms with van der Waals surface area (Å²) in [6, 6.07) is 38.7. The maximum absolute atomic E-state index is 7.11. The van der Waals surface area contributed by atoms with Gasteiger partial charge in [0.2, 0.25) is 11.8 Å². The summed E-state index contributed by atoms with van der Waals surface area (Å²) in [4.78, 5) is 4.97. The van der Waals surface area contributed by atoms with E-state index in [0.29, 0.717) is 11.8 Å². The topological polar surface area (TPSA) is 50.7 Å². The van der Waals surface area contributed by atoms with Gasteiger partial charge in [-0.25, -0.2) is 0 Å². The summed E-state index contributed by atoms with van der Waals surface area (Å²) in [6.45, 7) is 11.8. The fraction of sp³-hybridized carbons (Fsp3) is 0.273. The summed E-state index contributed by atoms with van der Waals surface area (Å²) in [6.07, 6.45) is 7.78. The molecule has 252 valence electrons. The third-order valence-electron chi connectivity index (χ3n) is 10.6. The molecule has 2 aliphatic heterocycles. The molecule has 4 atom stereocenters. The Bertz CT molecular complexity index is 1980. The molecule has 5 aromatic carbocycles. The molecule has 0 unspecified atom stereocenters. The van der Waals surface area contributed by atoms with Crippen molar-refractivity contribution < 1.29 is 9.47 Å². The Balaban J connectivity index is 1.21. The predicted octanol–water partition coefficient (Wildman–Crippen LogP) is 9.48. The van der Waals surface area contributed by atoms with Gasteiger partial charge in [0, 0.05) is 24.2 Å². The molecule has 0 amide bonds. The second kappa shape index (κ2) is 14.4. The third-order valence-corrected chi connectivity index (χ3v) is 10.6. The van der Waals surface area contributed by atoms with Gasteiger partial charge in [0.1, 0.15) is 12.2 Å². The molecule has 3 heterocycles. The Kier molecular flexibility index (Phi) is 9.29. The molecule has 2 aliphatic rings. The Morgan fingerprint density at radius 2 is 0.960 bits per heavy atom. The smallest absolute Gasteiger partial charge is 0.242 e. The molecular formula is C44H44N4O2. The van der Waals surface area contributed by atoms with Crippen LogP contribution in [0.15, 0.2) is 135 Å². The molecule has 0 N–H and O–H groups in total. The first kappa shape index (κ1) is 32.2. The van der Waals surface area contributed by atoms with Crippen LogP contribution in [0.4, 0.5) is 0 Å². The number of ether oxygens (including phenoxy) is 2. The van der Waals surface area contributed by atoms with Gasteiger partial charge in [0.05, 0.1) is 22.9 Å². The van der Waals surface area contributed by atoms with E-state index in [9.17, 15) is 0 Å². The minimum Gasteiger partial charge on any atom is -0.466 e. The Hall–Kier alpha value is -5.04. The quantitative estimate of drug-likeness (QED) is 0.122. The monoisotopic (exact) mass is 660 g/mol. The van der Waals surface area contributed by atoms with Crippen molar-refractivity contribution in [3.8, 4) is 11.8 Å². The van der Waals surface area contributed by atoms with Crippen molar-refractivity contribution in [2.45, 2.75) is 50.0 Å². The van der Waals surface area contributed by atoms with E-state index in [-0.39, 0.29) is 24.3 Å². The summed E-state index contributed by atoms with van der Waals surface area (Å²) in [5.74, 6) is 1.04. The van der Waals surface area contributed by atoms with E-state index in [1.165, 1.54) is 21.5 Å². The number of nitrogens with zero attached hydrogens (tertiary/aromatic N) is 4. The van der Waals surface area contributed by atoms with Crippen molar-refractivity contribution in [2.75, 3.05) is 26.2 Å². The maximum Gasteiger partial charge on any atom is 0.242 e. The molecule has 0 spiro atoms. The Morgan fingerprint density at radius 1 is 0.560 bits per heavy atom. The molecule has 6 nitrogen and oxygen atoms in total. The van der Waals surface area contributed by atoms with Crippen LogP contribution in [0.1, 0.15) is 49.0 Å². The Labute approximate surface area is 294 Å². The third kappa shape index (κ3) is 6.14. The van der Waals surface area contributed by atoms with Crippen molar-refractivity contribution in [3.05, 3.63) is 146 Å². The van der Waals surface area contributed by atoms with Gasteiger partial charge in [0.15, 0.2) is 0 Å². The van der Waals surface area contributed by atoms with Crippen molar-refractivity contribution in [1.82, 2.24) is 20.0 Å². The molecule has 8 rings (SSSR count). The summed E-state index contributed by atoms with van der Waals surface area (Å²) in [7, 11) is 0. The second-order valence-corrected chi connectivity index (χ2v) is 13.6. The summed E-state index contributed by atoms with van der Waals surface area (Å²) in [5, 5.41) is 16.2. The second-order valence-electron chi connectivity index (χ2n) is 13.6. The zero-order chi connectivity index (χ0) is 33.9. The van der Waals surface area contributed by atoms with Crippen LogP contribution in [0.25, 0.3) is 32.3 Å². The van der Waals surface area contributed by atoms with Gasteiger partial charge in [-0.15, -0.1) is 23.4 Å². The molecule has 50 heavy (non-hydrogen) atoms. The largest absolute Gasteiger partial charge is 0.466 e. The fourth-order valence-electron chi connectivity index (χ4n) is 8.34. The summed E-state index contributed by atoms with van der Waals surface area (Å²) in [5.41, 5.74) is 2.32. The lowest BCUT2D eigenvalue weighted by Crippen LogP contribution is -2.37. The predicted molar refractivity (Wildman–Crippen MR) is 204 cm³/mol. The molecule has 2 saturated heterocycles. The van der Waals surface area contributed by atoms with Crippen molar-refractivity contribution in [3.63, 3.8) is 0 Å². The molecule has 0 aliphatic carbocycles. The SMILES string of the molecule is C=CCN1CCC[C@H]1[C@@H](Oc1nnc(O[C@@H](c2cccc3ccccc23)[C@@H]2CCCN2CC=C)c2ccccc12)c1cccc2ccccc12. The minimum atomic E-state index is -0.248.